The molecule has 0 radical (unpaired) electrons. The van der Waals surface area contributed by atoms with Crippen molar-refractivity contribution in [1.82, 2.24) is 0 Å². The summed E-state index contributed by atoms with van der Waals surface area (Å²) in [6.45, 7) is 13.4. The van der Waals surface area contributed by atoms with E-state index in [1.807, 2.05) is 27.7 Å². The van der Waals surface area contributed by atoms with Crippen molar-refractivity contribution in [2.75, 3.05) is 13.2 Å². The summed E-state index contributed by atoms with van der Waals surface area (Å²) in [4.78, 5) is 0. The van der Waals surface area contributed by atoms with Crippen molar-refractivity contribution in [1.29, 1.82) is 0 Å². The van der Waals surface area contributed by atoms with E-state index in [9.17, 15) is 52.7 Å². The zero-order valence-electron chi connectivity index (χ0n) is 29.4. The molecule has 2 fully saturated rings. The van der Waals surface area contributed by atoms with Gasteiger partial charge in [-0.2, -0.15) is 52.7 Å². The maximum atomic E-state index is 13.8. The van der Waals surface area contributed by atoms with E-state index in [0.717, 1.165) is 25.7 Å². The first-order valence-electron chi connectivity index (χ1n) is 17.0. The summed E-state index contributed by atoms with van der Waals surface area (Å²) in [6, 6.07) is 0. The molecule has 2 aliphatic carbocycles. The number of hydrogen-bond donors (Lipinski definition) is 0. The molecule has 0 saturated heterocycles. The Hall–Kier alpha value is -0.920. The van der Waals surface area contributed by atoms with Gasteiger partial charge in [-0.05, 0) is 56.3 Å². The van der Waals surface area contributed by atoms with E-state index in [4.69, 9.17) is 4.74 Å². The second-order valence-corrected chi connectivity index (χ2v) is 12.4. The van der Waals surface area contributed by atoms with Crippen LogP contribution in [0, 0.1) is 29.6 Å². The lowest BCUT2D eigenvalue weighted by Gasteiger charge is -2.46. The molecule has 2 saturated carbocycles. The maximum absolute atomic E-state index is 13.8. The molecule has 0 bridgehead atoms. The molecule has 0 aliphatic heterocycles. The highest BCUT2D eigenvalue weighted by Gasteiger charge is 2.75. The lowest BCUT2D eigenvalue weighted by atomic mass is 9.67. The Morgan fingerprint density at radius 3 is 1.17 bits per heavy atom. The Labute approximate surface area is 274 Å². The minimum atomic E-state index is -5.47. The van der Waals surface area contributed by atoms with Gasteiger partial charge in [0, 0.05) is 5.92 Å². The van der Waals surface area contributed by atoms with Gasteiger partial charge in [-0.15, -0.1) is 0 Å². The predicted octanol–water partition coefficient (Wildman–Crippen LogP) is 13.3. The van der Waals surface area contributed by atoms with Crippen LogP contribution in [0.4, 0.5) is 52.7 Å². The molecule has 0 heterocycles. The summed E-state index contributed by atoms with van der Waals surface area (Å²) in [5.41, 5.74) is -8.13. The van der Waals surface area contributed by atoms with Crippen LogP contribution in [0.5, 0.6) is 0 Å². The van der Waals surface area contributed by atoms with Crippen LogP contribution in [0.3, 0.4) is 0 Å². The average molecular weight is 715 g/mol. The molecule has 2 unspecified atom stereocenters. The smallest absolute Gasteiger partial charge is 0.358 e. The maximum Gasteiger partial charge on any atom is 0.426 e. The van der Waals surface area contributed by atoms with Gasteiger partial charge in [0.1, 0.15) is 0 Å². The summed E-state index contributed by atoms with van der Waals surface area (Å²) in [5.74, 6) is -1.54. The van der Waals surface area contributed by atoms with E-state index in [2.05, 4.69) is 4.74 Å². The van der Waals surface area contributed by atoms with Gasteiger partial charge in [0.2, 0.25) is 0 Å². The van der Waals surface area contributed by atoms with E-state index >= 15 is 0 Å². The van der Waals surface area contributed by atoms with E-state index in [-0.39, 0.29) is 37.5 Å². The summed E-state index contributed by atoms with van der Waals surface area (Å²) >= 11 is 0. The fourth-order valence-electron chi connectivity index (χ4n) is 5.65. The van der Waals surface area contributed by atoms with E-state index in [1.54, 1.807) is 20.8 Å². The first-order chi connectivity index (χ1) is 21.5. The van der Waals surface area contributed by atoms with Crippen LogP contribution in [0.1, 0.15) is 133 Å². The molecule has 0 N–H and O–H groups in total. The zero-order chi connectivity index (χ0) is 37.5. The third-order valence-corrected chi connectivity index (χ3v) is 9.23. The lowest BCUT2D eigenvalue weighted by Crippen LogP contribution is -2.64. The van der Waals surface area contributed by atoms with Crippen molar-refractivity contribution in [3.63, 3.8) is 0 Å². The SMILES string of the molecule is CC.CC.CCC(C)COC(C)(C(F)(F)F)C(F)(F)F.CCC(C)COC(C1CCC(C2CCCCC2)CC1)(C(F)(F)F)C(F)(F)F. The van der Waals surface area contributed by atoms with E-state index in [0.29, 0.717) is 31.6 Å². The second-order valence-electron chi connectivity index (χ2n) is 12.4. The zero-order valence-corrected chi connectivity index (χ0v) is 29.4. The molecule has 2 atom stereocenters. The quantitative estimate of drug-likeness (QED) is 0.210. The minimum Gasteiger partial charge on any atom is -0.358 e. The second kappa shape index (κ2) is 20.7. The molecular formula is C33H58F12O2. The fraction of sp³-hybridized carbons (Fsp3) is 1.00. The Morgan fingerprint density at radius 2 is 0.851 bits per heavy atom. The number of rotatable bonds is 10. The molecule has 286 valence electrons. The molecule has 0 aromatic carbocycles. The van der Waals surface area contributed by atoms with Gasteiger partial charge in [-0.25, -0.2) is 0 Å². The van der Waals surface area contributed by atoms with Gasteiger partial charge < -0.3 is 9.47 Å². The van der Waals surface area contributed by atoms with Crippen LogP contribution in [-0.2, 0) is 9.47 Å². The van der Waals surface area contributed by atoms with Crippen molar-refractivity contribution in [2.45, 2.75) is 169 Å². The highest BCUT2D eigenvalue weighted by Crippen LogP contribution is 2.56. The highest BCUT2D eigenvalue weighted by molar-refractivity contribution is 5.03. The Bertz CT molecular complexity index is 763. The van der Waals surface area contributed by atoms with Gasteiger partial charge >= 0.3 is 24.7 Å². The molecular weight excluding hydrogens is 656 g/mol. The summed E-state index contributed by atoms with van der Waals surface area (Å²) in [5, 5.41) is 0. The minimum absolute atomic E-state index is 0.00931. The summed E-state index contributed by atoms with van der Waals surface area (Å²) < 4.78 is 166. The Morgan fingerprint density at radius 1 is 0.511 bits per heavy atom. The number of halogens is 12. The third-order valence-electron chi connectivity index (χ3n) is 9.23. The molecule has 2 rings (SSSR count). The van der Waals surface area contributed by atoms with Crippen molar-refractivity contribution in [3.05, 3.63) is 0 Å². The van der Waals surface area contributed by atoms with E-state index < -0.39 is 55.0 Å². The first-order valence-corrected chi connectivity index (χ1v) is 17.0. The van der Waals surface area contributed by atoms with Crippen LogP contribution < -0.4 is 0 Å². The number of alkyl halides is 12. The van der Waals surface area contributed by atoms with Gasteiger partial charge in [0.15, 0.2) is 0 Å². The van der Waals surface area contributed by atoms with Gasteiger partial charge in [0.25, 0.3) is 11.2 Å². The Balaban J connectivity index is 0. The molecule has 47 heavy (non-hydrogen) atoms. The van der Waals surface area contributed by atoms with Crippen LogP contribution in [0.15, 0.2) is 0 Å². The first kappa shape index (κ1) is 48.2. The molecule has 0 aromatic heterocycles. The average Bonchev–Trinajstić information content (AvgIpc) is 3.00. The molecule has 2 nitrogen and oxygen atoms in total. The van der Waals surface area contributed by atoms with Gasteiger partial charge in [-0.1, -0.05) is 100 Å². The standard InChI is InChI=1S/C20H32F6O.C9H14F6O.2C2H6/c1-3-14(2)13-27-18(19(21,22)23,20(24,25)26)17-11-9-16(10-12-17)15-7-5-4-6-8-15;1-4-6(2)5-16-7(3,8(10,11)12)9(13,14)15;2*1-2/h14-17H,3-13H2,1-2H3;6H,4-5H2,1-3H3;2*1-2H3. The van der Waals surface area contributed by atoms with Crippen molar-refractivity contribution >= 4 is 0 Å². The Kier molecular flexibility index (Phi) is 21.2. The molecule has 14 heteroatoms. The molecule has 2 aliphatic rings. The fourth-order valence-corrected chi connectivity index (χ4v) is 5.65. The van der Waals surface area contributed by atoms with Crippen LogP contribution in [0.25, 0.3) is 0 Å². The number of ether oxygens (including phenoxy) is 2. The van der Waals surface area contributed by atoms with E-state index in [1.165, 1.54) is 13.3 Å². The summed E-state index contributed by atoms with van der Waals surface area (Å²) in [7, 11) is 0. The lowest BCUT2D eigenvalue weighted by molar-refractivity contribution is -0.401. The molecule has 0 spiro atoms. The van der Waals surface area contributed by atoms with Crippen molar-refractivity contribution in [3.8, 4) is 0 Å². The van der Waals surface area contributed by atoms with Crippen LogP contribution in [0.2, 0.25) is 0 Å². The van der Waals surface area contributed by atoms with Gasteiger partial charge in [0.05, 0.1) is 13.2 Å². The topological polar surface area (TPSA) is 18.5 Å². The highest BCUT2D eigenvalue weighted by atomic mass is 19.4. The molecule has 0 amide bonds. The van der Waals surface area contributed by atoms with Crippen LogP contribution >= 0.6 is 0 Å². The van der Waals surface area contributed by atoms with Gasteiger partial charge in [-0.3, -0.25) is 0 Å². The monoisotopic (exact) mass is 714 g/mol. The predicted molar refractivity (Wildman–Crippen MR) is 161 cm³/mol. The molecule has 0 aromatic rings. The summed E-state index contributed by atoms with van der Waals surface area (Å²) in [6.07, 6.45) is -14.7. The van der Waals surface area contributed by atoms with Crippen molar-refractivity contribution in [2.24, 2.45) is 29.6 Å². The van der Waals surface area contributed by atoms with Crippen LogP contribution in [-0.4, -0.2) is 49.1 Å². The third kappa shape index (κ3) is 13.4. The largest absolute Gasteiger partial charge is 0.426 e. The normalized spacial score (nSPS) is 21.6. The number of hydrogen-bond acceptors (Lipinski definition) is 2. The van der Waals surface area contributed by atoms with Crippen molar-refractivity contribution < 1.29 is 62.2 Å².